The van der Waals surface area contributed by atoms with Gasteiger partial charge in [-0.2, -0.15) is 0 Å². The zero-order valence-corrected chi connectivity index (χ0v) is 20.5. The van der Waals surface area contributed by atoms with Gasteiger partial charge in [0.05, 0.1) is 17.8 Å². The number of ketones is 1. The minimum absolute atomic E-state index is 0.0111. The van der Waals surface area contributed by atoms with Crippen LogP contribution < -0.4 is 10.1 Å². The molecule has 3 rings (SSSR count). The van der Waals surface area contributed by atoms with Crippen LogP contribution in [-0.4, -0.2) is 48.5 Å². The van der Waals surface area contributed by atoms with Crippen LogP contribution in [0.25, 0.3) is 0 Å². The lowest BCUT2D eigenvalue weighted by Crippen LogP contribution is -2.50. The molecule has 0 fully saturated rings. The highest BCUT2D eigenvalue weighted by molar-refractivity contribution is 6.33. The van der Waals surface area contributed by atoms with Crippen LogP contribution >= 0.6 is 11.6 Å². The van der Waals surface area contributed by atoms with Crippen LogP contribution in [0.1, 0.15) is 49.0 Å². The monoisotopic (exact) mass is 469 g/mol. The second kappa shape index (κ2) is 11.3. The first-order valence-corrected chi connectivity index (χ1v) is 11.7. The van der Waals surface area contributed by atoms with E-state index in [9.17, 15) is 9.59 Å². The first-order valence-electron chi connectivity index (χ1n) is 11.4. The van der Waals surface area contributed by atoms with Crippen LogP contribution in [0.5, 0.6) is 5.75 Å². The zero-order chi connectivity index (χ0) is 24.0. The molecule has 33 heavy (non-hydrogen) atoms. The third-order valence-electron chi connectivity index (χ3n) is 5.78. The van der Waals surface area contributed by atoms with E-state index in [0.717, 1.165) is 36.5 Å². The fourth-order valence-corrected chi connectivity index (χ4v) is 4.26. The largest absolute Gasteiger partial charge is 0.497 e. The molecule has 0 bridgehead atoms. The van der Waals surface area contributed by atoms with Gasteiger partial charge in [0.2, 0.25) is 0 Å². The van der Waals surface area contributed by atoms with Crippen molar-refractivity contribution in [1.29, 1.82) is 0 Å². The predicted octanol–water partition coefficient (Wildman–Crippen LogP) is 5.48. The van der Waals surface area contributed by atoms with Crippen molar-refractivity contribution in [1.82, 2.24) is 10.0 Å². The Bertz CT molecular complexity index is 1030. The van der Waals surface area contributed by atoms with Crippen molar-refractivity contribution in [3.05, 3.63) is 69.9 Å². The SMILES string of the molecule is CCCN(CC)N1CCC(Nc2ccc(C)cc2Cl)=C(CC(=O)c2ccc(OC)cc2)C1=O. The highest BCUT2D eigenvalue weighted by atomic mass is 35.5. The van der Waals surface area contributed by atoms with Gasteiger partial charge in [-0.25, -0.2) is 5.01 Å². The van der Waals surface area contributed by atoms with E-state index in [1.165, 1.54) is 0 Å². The standard InChI is InChI=1S/C26H32ClN3O3/c1-5-14-29(6-2)30-15-13-23(28-24-12-7-18(3)16-22(24)27)21(26(30)32)17-25(31)19-8-10-20(33-4)11-9-19/h7-12,16,28H,5-6,13-15,17H2,1-4H3. The number of nitrogens with zero attached hydrogens (tertiary/aromatic N) is 2. The number of hydrogen-bond donors (Lipinski definition) is 1. The number of amides is 1. The molecule has 176 valence electrons. The number of halogens is 1. The molecule has 0 saturated carbocycles. The van der Waals surface area contributed by atoms with E-state index in [4.69, 9.17) is 16.3 Å². The molecule has 0 aliphatic carbocycles. The van der Waals surface area contributed by atoms with Crippen LogP contribution in [0.4, 0.5) is 5.69 Å². The third kappa shape index (κ3) is 5.95. The summed E-state index contributed by atoms with van der Waals surface area (Å²) in [6.45, 7) is 8.17. The maximum atomic E-state index is 13.6. The molecular formula is C26H32ClN3O3. The minimum Gasteiger partial charge on any atom is -0.497 e. The summed E-state index contributed by atoms with van der Waals surface area (Å²) in [6.07, 6.45) is 1.56. The number of aryl methyl sites for hydroxylation is 1. The highest BCUT2D eigenvalue weighted by Crippen LogP contribution is 2.30. The van der Waals surface area contributed by atoms with Gasteiger partial charge in [0.15, 0.2) is 5.78 Å². The van der Waals surface area contributed by atoms with E-state index in [1.54, 1.807) is 36.4 Å². The number of rotatable bonds is 10. The van der Waals surface area contributed by atoms with Crippen LogP contribution in [0.2, 0.25) is 5.02 Å². The third-order valence-corrected chi connectivity index (χ3v) is 6.09. The lowest BCUT2D eigenvalue weighted by molar-refractivity contribution is -0.145. The molecule has 1 aliphatic rings. The lowest BCUT2D eigenvalue weighted by Gasteiger charge is -2.38. The van der Waals surface area contributed by atoms with Crippen molar-refractivity contribution >= 4 is 29.0 Å². The van der Waals surface area contributed by atoms with Crippen molar-refractivity contribution in [3.8, 4) is 5.75 Å². The van der Waals surface area contributed by atoms with Crippen molar-refractivity contribution in [3.63, 3.8) is 0 Å². The average Bonchev–Trinajstić information content (AvgIpc) is 2.81. The summed E-state index contributed by atoms with van der Waals surface area (Å²) >= 11 is 6.44. The topological polar surface area (TPSA) is 61.9 Å². The first kappa shape index (κ1) is 24.8. The number of benzene rings is 2. The van der Waals surface area contributed by atoms with Crippen LogP contribution in [-0.2, 0) is 4.79 Å². The molecule has 7 heteroatoms. The summed E-state index contributed by atoms with van der Waals surface area (Å²) in [4.78, 5) is 26.7. The Hall–Kier alpha value is -2.83. The number of ether oxygens (including phenoxy) is 1. The number of Topliss-reactive ketones (excluding diaryl/α,β-unsaturated/α-hetero) is 1. The Morgan fingerprint density at radius 3 is 2.52 bits per heavy atom. The van der Waals surface area contributed by atoms with E-state index in [2.05, 4.69) is 17.2 Å². The molecule has 0 spiro atoms. The summed E-state index contributed by atoms with van der Waals surface area (Å²) < 4.78 is 5.19. The molecule has 0 radical (unpaired) electrons. The Labute approximate surface area is 201 Å². The summed E-state index contributed by atoms with van der Waals surface area (Å²) in [5.41, 5.74) is 3.55. The zero-order valence-electron chi connectivity index (χ0n) is 19.8. The lowest BCUT2D eigenvalue weighted by atomic mass is 9.97. The fourth-order valence-electron chi connectivity index (χ4n) is 3.98. The molecule has 2 aromatic rings. The van der Waals surface area contributed by atoms with Gasteiger partial charge in [0, 0.05) is 49.3 Å². The van der Waals surface area contributed by atoms with Gasteiger partial charge in [-0.1, -0.05) is 31.5 Å². The highest BCUT2D eigenvalue weighted by Gasteiger charge is 2.32. The van der Waals surface area contributed by atoms with Gasteiger partial charge >= 0.3 is 0 Å². The molecule has 6 nitrogen and oxygen atoms in total. The quantitative estimate of drug-likeness (QED) is 0.467. The van der Waals surface area contributed by atoms with E-state index < -0.39 is 0 Å². The summed E-state index contributed by atoms with van der Waals surface area (Å²) in [6, 6.07) is 12.7. The molecule has 0 aromatic heterocycles. The number of carbonyl (C=O) groups is 2. The van der Waals surface area contributed by atoms with Gasteiger partial charge in [0.25, 0.3) is 5.91 Å². The number of anilines is 1. The number of hydrogen-bond acceptors (Lipinski definition) is 5. The van der Waals surface area contributed by atoms with Crippen LogP contribution in [0.3, 0.4) is 0 Å². The van der Waals surface area contributed by atoms with E-state index in [0.29, 0.717) is 34.9 Å². The smallest absolute Gasteiger partial charge is 0.266 e. The summed E-state index contributed by atoms with van der Waals surface area (Å²) in [7, 11) is 1.58. The summed E-state index contributed by atoms with van der Waals surface area (Å²) in [5.74, 6) is 0.431. The number of hydrazine groups is 1. The maximum Gasteiger partial charge on any atom is 0.266 e. The fraction of sp³-hybridized carbons (Fsp3) is 0.385. The Morgan fingerprint density at radius 1 is 1.18 bits per heavy atom. The Morgan fingerprint density at radius 2 is 1.91 bits per heavy atom. The Kier molecular flexibility index (Phi) is 8.53. The number of nitrogens with one attached hydrogen (secondary N) is 1. The molecule has 1 aliphatic heterocycles. The van der Waals surface area contributed by atoms with Crippen molar-refractivity contribution in [2.24, 2.45) is 0 Å². The molecule has 2 aromatic carbocycles. The average molecular weight is 470 g/mol. The number of methoxy groups -OCH3 is 1. The van der Waals surface area contributed by atoms with Crippen molar-refractivity contribution in [2.75, 3.05) is 32.1 Å². The molecular weight excluding hydrogens is 438 g/mol. The van der Waals surface area contributed by atoms with Gasteiger partial charge in [-0.3, -0.25) is 14.6 Å². The molecule has 0 saturated heterocycles. The minimum atomic E-state index is -0.135. The van der Waals surface area contributed by atoms with Crippen LogP contribution in [0.15, 0.2) is 53.7 Å². The normalized spacial score (nSPS) is 14.1. The van der Waals surface area contributed by atoms with Gasteiger partial charge < -0.3 is 10.1 Å². The van der Waals surface area contributed by atoms with Crippen molar-refractivity contribution < 1.29 is 14.3 Å². The Balaban J connectivity index is 1.94. The molecule has 1 amide bonds. The predicted molar refractivity (Wildman–Crippen MR) is 133 cm³/mol. The van der Waals surface area contributed by atoms with E-state index >= 15 is 0 Å². The van der Waals surface area contributed by atoms with Gasteiger partial charge in [0.1, 0.15) is 5.75 Å². The maximum absolute atomic E-state index is 13.6. The molecule has 1 heterocycles. The van der Waals surface area contributed by atoms with E-state index in [-0.39, 0.29) is 18.1 Å². The second-order valence-corrected chi connectivity index (χ2v) is 8.53. The molecule has 0 unspecified atom stereocenters. The number of carbonyl (C=O) groups excluding carboxylic acids is 2. The summed E-state index contributed by atoms with van der Waals surface area (Å²) in [5, 5.41) is 7.76. The van der Waals surface area contributed by atoms with Gasteiger partial charge in [-0.05, 0) is 55.3 Å². The second-order valence-electron chi connectivity index (χ2n) is 8.12. The molecule has 1 N–H and O–H groups in total. The molecule has 0 atom stereocenters. The van der Waals surface area contributed by atoms with Gasteiger partial charge in [-0.15, -0.1) is 0 Å². The van der Waals surface area contributed by atoms with Crippen molar-refractivity contribution in [2.45, 2.75) is 40.0 Å². The van der Waals surface area contributed by atoms with E-state index in [1.807, 2.05) is 32.0 Å². The van der Waals surface area contributed by atoms with Crippen LogP contribution in [0, 0.1) is 6.92 Å². The first-order chi connectivity index (χ1) is 15.9.